The van der Waals surface area contributed by atoms with Gasteiger partial charge in [0.05, 0.1) is 5.69 Å². The van der Waals surface area contributed by atoms with Gasteiger partial charge in [0.25, 0.3) is 0 Å². The van der Waals surface area contributed by atoms with Crippen molar-refractivity contribution in [3.63, 3.8) is 0 Å². The fraction of sp³-hybridized carbons (Fsp3) is 0.538. The third-order valence-electron chi connectivity index (χ3n) is 3.64. The first kappa shape index (κ1) is 17.0. The summed E-state index contributed by atoms with van der Waals surface area (Å²) in [5.41, 5.74) is 6.98. The summed E-state index contributed by atoms with van der Waals surface area (Å²) < 4.78 is 29.7. The van der Waals surface area contributed by atoms with E-state index in [2.05, 4.69) is 20.7 Å². The van der Waals surface area contributed by atoms with Crippen LogP contribution < -0.4 is 10.5 Å². The van der Waals surface area contributed by atoms with Crippen molar-refractivity contribution >= 4 is 43.4 Å². The molecule has 3 N–H and O–H groups in total. The first-order chi connectivity index (χ1) is 9.83. The molecule has 1 unspecified atom stereocenters. The summed E-state index contributed by atoms with van der Waals surface area (Å²) in [6.45, 7) is 3.35. The molecule has 2 rings (SSSR count). The Morgan fingerprint density at radius 1 is 1.52 bits per heavy atom. The molecule has 0 bridgehead atoms. The molecule has 21 heavy (non-hydrogen) atoms. The third kappa shape index (κ3) is 4.10. The van der Waals surface area contributed by atoms with E-state index < -0.39 is 10.2 Å². The number of aryl methyl sites for hydroxylation is 1. The van der Waals surface area contributed by atoms with E-state index >= 15 is 0 Å². The van der Waals surface area contributed by atoms with Crippen molar-refractivity contribution in [3.8, 4) is 0 Å². The van der Waals surface area contributed by atoms with E-state index in [4.69, 9.17) is 17.3 Å². The van der Waals surface area contributed by atoms with Gasteiger partial charge >= 0.3 is 10.2 Å². The number of nitrogens with one attached hydrogen (secondary N) is 1. The highest BCUT2D eigenvalue weighted by Gasteiger charge is 2.28. The average molecular weight is 397 g/mol. The summed E-state index contributed by atoms with van der Waals surface area (Å²) in [5.74, 6) is 0.223. The minimum Gasteiger partial charge on any atom is -0.330 e. The van der Waals surface area contributed by atoms with Crippen molar-refractivity contribution in [3.05, 3.63) is 27.2 Å². The van der Waals surface area contributed by atoms with Crippen LogP contribution >= 0.6 is 27.5 Å². The molecule has 1 aromatic carbocycles. The lowest BCUT2D eigenvalue weighted by Gasteiger charge is -2.31. The maximum absolute atomic E-state index is 12.5. The first-order valence-electron chi connectivity index (χ1n) is 6.77. The van der Waals surface area contributed by atoms with Gasteiger partial charge in [0, 0.05) is 22.6 Å². The highest BCUT2D eigenvalue weighted by molar-refractivity contribution is 9.10. The molecule has 1 aliphatic heterocycles. The van der Waals surface area contributed by atoms with Gasteiger partial charge < -0.3 is 5.73 Å². The molecule has 1 fully saturated rings. The zero-order valence-corrected chi connectivity index (χ0v) is 14.9. The molecule has 0 spiro atoms. The van der Waals surface area contributed by atoms with Gasteiger partial charge in [-0.05, 0) is 65.9 Å². The van der Waals surface area contributed by atoms with Crippen LogP contribution in [0.25, 0.3) is 0 Å². The molecule has 0 radical (unpaired) electrons. The fourth-order valence-electron chi connectivity index (χ4n) is 2.37. The molecule has 8 heteroatoms. The normalized spacial score (nSPS) is 20.5. The van der Waals surface area contributed by atoms with E-state index in [-0.39, 0.29) is 5.92 Å². The van der Waals surface area contributed by atoms with Crippen molar-refractivity contribution in [1.82, 2.24) is 4.31 Å². The molecule has 1 heterocycles. The Balaban J connectivity index is 2.19. The highest BCUT2D eigenvalue weighted by Crippen LogP contribution is 2.30. The van der Waals surface area contributed by atoms with Gasteiger partial charge in [-0.1, -0.05) is 11.6 Å². The van der Waals surface area contributed by atoms with Crippen LogP contribution in [0, 0.1) is 12.8 Å². The smallest absolute Gasteiger partial charge is 0.301 e. The Bertz CT molecular complexity index is 624. The van der Waals surface area contributed by atoms with Crippen LogP contribution in [0.15, 0.2) is 16.6 Å². The summed E-state index contributed by atoms with van der Waals surface area (Å²) in [4.78, 5) is 0. The van der Waals surface area contributed by atoms with Crippen LogP contribution in [-0.4, -0.2) is 32.4 Å². The molecular weight excluding hydrogens is 378 g/mol. The number of nitrogens with two attached hydrogens (primary N) is 1. The standard InChI is InChI=1S/C13H19BrClN3O2S/c1-9-5-11(14)13(6-12(9)15)17-21(19,20)18-4-2-3-10(7-16)8-18/h5-6,10,17H,2-4,7-8,16H2,1H3. The molecule has 1 aliphatic rings. The topological polar surface area (TPSA) is 75.4 Å². The number of hydrogen-bond acceptors (Lipinski definition) is 3. The zero-order chi connectivity index (χ0) is 15.6. The van der Waals surface area contributed by atoms with Gasteiger partial charge in [-0.3, -0.25) is 4.72 Å². The van der Waals surface area contributed by atoms with Gasteiger partial charge in [-0.25, -0.2) is 0 Å². The monoisotopic (exact) mass is 395 g/mol. The number of nitrogens with zero attached hydrogens (tertiary/aromatic N) is 1. The summed E-state index contributed by atoms with van der Waals surface area (Å²) in [6, 6.07) is 3.40. The van der Waals surface area contributed by atoms with Crippen LogP contribution in [0.1, 0.15) is 18.4 Å². The summed E-state index contributed by atoms with van der Waals surface area (Å²) >= 11 is 9.42. The fourth-order valence-corrected chi connectivity index (χ4v) is 4.57. The summed E-state index contributed by atoms with van der Waals surface area (Å²) in [7, 11) is -3.59. The Hall–Kier alpha value is -0.340. The molecule has 0 amide bonds. The number of benzene rings is 1. The SMILES string of the molecule is Cc1cc(Br)c(NS(=O)(=O)N2CCCC(CN)C2)cc1Cl. The molecule has 1 aromatic rings. The number of rotatable bonds is 4. The van der Waals surface area contributed by atoms with Gasteiger partial charge in [-0.15, -0.1) is 0 Å². The minimum absolute atomic E-state index is 0.223. The third-order valence-corrected chi connectivity index (χ3v) is 6.19. The number of halogens is 2. The largest absolute Gasteiger partial charge is 0.330 e. The van der Waals surface area contributed by atoms with Crippen molar-refractivity contribution in [2.24, 2.45) is 11.7 Å². The summed E-state index contributed by atoms with van der Waals surface area (Å²) in [6.07, 6.45) is 1.81. The van der Waals surface area contributed by atoms with Crippen LogP contribution in [-0.2, 0) is 10.2 Å². The maximum Gasteiger partial charge on any atom is 0.301 e. The number of anilines is 1. The molecule has 1 atom stereocenters. The lowest BCUT2D eigenvalue weighted by molar-refractivity contribution is 0.273. The van der Waals surface area contributed by atoms with Crippen molar-refractivity contribution in [1.29, 1.82) is 0 Å². The van der Waals surface area contributed by atoms with Gasteiger partial charge in [0.1, 0.15) is 0 Å². The minimum atomic E-state index is -3.59. The molecule has 0 aliphatic carbocycles. The van der Waals surface area contributed by atoms with Crippen LogP contribution in [0.3, 0.4) is 0 Å². The molecule has 0 aromatic heterocycles. The Morgan fingerprint density at radius 2 is 2.24 bits per heavy atom. The van der Waals surface area contributed by atoms with Gasteiger partial charge in [0.2, 0.25) is 0 Å². The van der Waals surface area contributed by atoms with E-state index in [1.54, 1.807) is 12.1 Å². The van der Waals surface area contributed by atoms with Crippen molar-refractivity contribution < 1.29 is 8.42 Å². The Morgan fingerprint density at radius 3 is 2.90 bits per heavy atom. The predicted octanol–water partition coefficient (Wildman–Crippen LogP) is 2.74. The second-order valence-corrected chi connectivity index (χ2v) is 8.22. The Kier molecular flexibility index (Phi) is 5.54. The number of hydrogen-bond donors (Lipinski definition) is 2. The number of piperidine rings is 1. The average Bonchev–Trinajstić information content (AvgIpc) is 2.44. The summed E-state index contributed by atoms with van der Waals surface area (Å²) in [5, 5.41) is 0.523. The molecular formula is C13H19BrClN3O2S. The van der Waals surface area contributed by atoms with E-state index in [1.165, 1.54) is 4.31 Å². The van der Waals surface area contributed by atoms with Crippen LogP contribution in [0.2, 0.25) is 5.02 Å². The van der Waals surface area contributed by atoms with E-state index in [0.717, 1.165) is 18.4 Å². The quantitative estimate of drug-likeness (QED) is 0.821. The van der Waals surface area contributed by atoms with Crippen LogP contribution in [0.5, 0.6) is 0 Å². The lowest BCUT2D eigenvalue weighted by Crippen LogP contribution is -2.44. The second-order valence-electron chi connectivity index (χ2n) is 5.29. The maximum atomic E-state index is 12.5. The van der Waals surface area contributed by atoms with E-state index in [9.17, 15) is 8.42 Å². The van der Waals surface area contributed by atoms with Gasteiger partial charge in [0.15, 0.2) is 0 Å². The van der Waals surface area contributed by atoms with E-state index in [0.29, 0.717) is 34.8 Å². The van der Waals surface area contributed by atoms with Crippen LogP contribution in [0.4, 0.5) is 5.69 Å². The molecule has 118 valence electrons. The lowest BCUT2D eigenvalue weighted by atomic mass is 10.0. The second kappa shape index (κ2) is 6.83. The van der Waals surface area contributed by atoms with Crippen molar-refractivity contribution in [2.75, 3.05) is 24.4 Å². The molecule has 1 saturated heterocycles. The molecule has 0 saturated carbocycles. The highest BCUT2D eigenvalue weighted by atomic mass is 79.9. The van der Waals surface area contributed by atoms with Crippen molar-refractivity contribution in [2.45, 2.75) is 19.8 Å². The zero-order valence-electron chi connectivity index (χ0n) is 11.8. The first-order valence-corrected chi connectivity index (χ1v) is 9.38. The Labute approximate surface area is 139 Å². The predicted molar refractivity (Wildman–Crippen MR) is 89.8 cm³/mol. The van der Waals surface area contributed by atoms with Gasteiger partial charge in [-0.2, -0.15) is 12.7 Å². The molecule has 5 nitrogen and oxygen atoms in total. The van der Waals surface area contributed by atoms with E-state index in [1.807, 2.05) is 6.92 Å².